The van der Waals surface area contributed by atoms with Gasteiger partial charge in [-0.2, -0.15) is 13.2 Å². The quantitative estimate of drug-likeness (QED) is 0.615. The van der Waals surface area contributed by atoms with E-state index in [1.807, 2.05) is 0 Å². The zero-order valence-electron chi connectivity index (χ0n) is 10.7. The van der Waals surface area contributed by atoms with Gasteiger partial charge in [-0.05, 0) is 18.6 Å². The maximum atomic E-state index is 12.3. The molecule has 20 heavy (non-hydrogen) atoms. The monoisotopic (exact) mass is 286 g/mol. The lowest BCUT2D eigenvalue weighted by Gasteiger charge is -2.05. The Morgan fingerprint density at radius 3 is 2.60 bits per heavy atom. The highest BCUT2D eigenvalue weighted by Crippen LogP contribution is 2.22. The molecule has 0 radical (unpaired) electrons. The molecule has 0 bridgehead atoms. The van der Waals surface area contributed by atoms with E-state index in [1.165, 1.54) is 24.3 Å². The zero-order chi connectivity index (χ0) is 15.2. The lowest BCUT2D eigenvalue weighted by Crippen LogP contribution is -2.22. The van der Waals surface area contributed by atoms with Crippen molar-refractivity contribution in [3.63, 3.8) is 0 Å². The summed E-state index contributed by atoms with van der Waals surface area (Å²) in [5.74, 6) is -2.32. The van der Waals surface area contributed by atoms with Gasteiger partial charge in [0.15, 0.2) is 0 Å². The van der Waals surface area contributed by atoms with Crippen LogP contribution in [0.2, 0.25) is 0 Å². The first-order chi connectivity index (χ1) is 9.34. The minimum Gasteiger partial charge on any atom is -0.466 e. The van der Waals surface area contributed by atoms with Crippen molar-refractivity contribution in [2.45, 2.75) is 19.5 Å². The van der Waals surface area contributed by atoms with Gasteiger partial charge in [-0.3, -0.25) is 9.59 Å². The fourth-order valence-corrected chi connectivity index (χ4v) is 1.46. The number of rotatable bonds is 5. The molecule has 0 heterocycles. The Hall–Kier alpha value is -2.11. The number of hydrogen-bond donors (Lipinski definition) is 0. The second kappa shape index (κ2) is 6.88. The SMILES string of the molecule is CCOC(=O)CC=Cc1cccc(C(=O)C(F)(F)F)c1. The Morgan fingerprint density at radius 1 is 1.30 bits per heavy atom. The predicted octanol–water partition coefficient (Wildman–Crippen LogP) is 3.40. The Morgan fingerprint density at radius 2 is 2.00 bits per heavy atom. The molecule has 0 saturated heterocycles. The van der Waals surface area contributed by atoms with Crippen LogP contribution >= 0.6 is 0 Å². The highest BCUT2D eigenvalue weighted by atomic mass is 19.4. The first-order valence-corrected chi connectivity index (χ1v) is 5.88. The largest absolute Gasteiger partial charge is 0.466 e. The molecule has 1 aromatic rings. The number of hydrogen-bond acceptors (Lipinski definition) is 3. The van der Waals surface area contributed by atoms with E-state index in [9.17, 15) is 22.8 Å². The maximum Gasteiger partial charge on any atom is 0.454 e. The van der Waals surface area contributed by atoms with E-state index >= 15 is 0 Å². The zero-order valence-corrected chi connectivity index (χ0v) is 10.7. The molecule has 0 saturated carbocycles. The topological polar surface area (TPSA) is 43.4 Å². The second-order valence-corrected chi connectivity index (χ2v) is 3.86. The lowest BCUT2D eigenvalue weighted by molar-refractivity contribution is -0.142. The molecule has 1 rings (SSSR count). The number of ketones is 1. The smallest absolute Gasteiger partial charge is 0.454 e. The standard InChI is InChI=1S/C14H13F3O3/c1-2-20-12(18)8-4-6-10-5-3-7-11(9-10)13(19)14(15,16)17/h3-7,9H,2,8H2,1H3. The summed E-state index contributed by atoms with van der Waals surface area (Å²) in [5.41, 5.74) is -0.0276. The first kappa shape index (κ1) is 15.9. The van der Waals surface area contributed by atoms with Crippen LogP contribution in [-0.4, -0.2) is 24.5 Å². The van der Waals surface area contributed by atoms with Gasteiger partial charge in [0.2, 0.25) is 0 Å². The Bertz CT molecular complexity index is 519. The van der Waals surface area contributed by atoms with Crippen molar-refractivity contribution < 1.29 is 27.5 Å². The van der Waals surface area contributed by atoms with Gasteiger partial charge >= 0.3 is 12.1 Å². The van der Waals surface area contributed by atoms with Crippen LogP contribution in [0.4, 0.5) is 13.2 Å². The highest BCUT2D eigenvalue weighted by Gasteiger charge is 2.39. The number of carbonyl (C=O) groups is 2. The molecule has 0 aromatic heterocycles. The molecule has 0 atom stereocenters. The van der Waals surface area contributed by atoms with Crippen LogP contribution in [-0.2, 0) is 9.53 Å². The highest BCUT2D eigenvalue weighted by molar-refractivity contribution is 6.00. The third-order valence-corrected chi connectivity index (χ3v) is 2.31. The predicted molar refractivity (Wildman–Crippen MR) is 67.1 cm³/mol. The van der Waals surface area contributed by atoms with Gasteiger partial charge in [0.1, 0.15) is 0 Å². The van der Waals surface area contributed by atoms with Gasteiger partial charge in [-0.1, -0.05) is 30.4 Å². The van der Waals surface area contributed by atoms with Gasteiger partial charge in [0.05, 0.1) is 13.0 Å². The average Bonchev–Trinajstić information content (AvgIpc) is 2.37. The molecule has 0 spiro atoms. The molecule has 0 unspecified atom stereocenters. The molecule has 1 aromatic carbocycles. The maximum absolute atomic E-state index is 12.3. The molecule has 0 aliphatic heterocycles. The average molecular weight is 286 g/mol. The van der Waals surface area contributed by atoms with E-state index in [0.717, 1.165) is 12.1 Å². The van der Waals surface area contributed by atoms with Gasteiger partial charge in [0, 0.05) is 5.56 Å². The molecule has 3 nitrogen and oxygen atoms in total. The Kier molecular flexibility index (Phi) is 5.49. The van der Waals surface area contributed by atoms with Crippen LogP contribution < -0.4 is 0 Å². The van der Waals surface area contributed by atoms with Crippen molar-refractivity contribution in [1.29, 1.82) is 0 Å². The minimum absolute atomic E-state index is 0.0191. The van der Waals surface area contributed by atoms with E-state index in [1.54, 1.807) is 6.92 Å². The van der Waals surface area contributed by atoms with E-state index in [-0.39, 0.29) is 13.0 Å². The van der Waals surface area contributed by atoms with Crippen LogP contribution in [0.25, 0.3) is 6.08 Å². The normalized spacial score (nSPS) is 11.6. The van der Waals surface area contributed by atoms with Crippen LogP contribution in [0.15, 0.2) is 30.3 Å². The number of esters is 1. The molecule has 0 fully saturated rings. The number of Topliss-reactive ketones (excluding diaryl/α,β-unsaturated/α-hetero) is 1. The van der Waals surface area contributed by atoms with Gasteiger partial charge in [-0.25, -0.2) is 0 Å². The van der Waals surface area contributed by atoms with Crippen molar-refractivity contribution in [1.82, 2.24) is 0 Å². The number of ether oxygens (including phenoxy) is 1. The van der Waals surface area contributed by atoms with Gasteiger partial charge in [-0.15, -0.1) is 0 Å². The molecule has 0 aliphatic rings. The third kappa shape index (κ3) is 4.87. The minimum atomic E-state index is -4.90. The molecular weight excluding hydrogens is 273 g/mol. The Labute approximate surface area is 114 Å². The van der Waals surface area contributed by atoms with Crippen LogP contribution in [0.3, 0.4) is 0 Å². The van der Waals surface area contributed by atoms with E-state index in [2.05, 4.69) is 0 Å². The summed E-state index contributed by atoms with van der Waals surface area (Å²) in [5, 5.41) is 0. The van der Waals surface area contributed by atoms with Crippen molar-refractivity contribution in [2.75, 3.05) is 6.61 Å². The summed E-state index contributed by atoms with van der Waals surface area (Å²) in [6.07, 6.45) is -1.95. The van der Waals surface area contributed by atoms with Crippen molar-refractivity contribution >= 4 is 17.8 Å². The second-order valence-electron chi connectivity index (χ2n) is 3.86. The van der Waals surface area contributed by atoms with Gasteiger partial charge in [0.25, 0.3) is 5.78 Å². The van der Waals surface area contributed by atoms with Gasteiger partial charge < -0.3 is 4.74 Å². The number of benzene rings is 1. The molecule has 0 aliphatic carbocycles. The molecule has 0 N–H and O–H groups in total. The van der Waals surface area contributed by atoms with Crippen LogP contribution in [0.5, 0.6) is 0 Å². The summed E-state index contributed by atoms with van der Waals surface area (Å²) in [7, 11) is 0. The summed E-state index contributed by atoms with van der Waals surface area (Å²) >= 11 is 0. The van der Waals surface area contributed by atoms with Crippen LogP contribution in [0, 0.1) is 0 Å². The fourth-order valence-electron chi connectivity index (χ4n) is 1.46. The third-order valence-electron chi connectivity index (χ3n) is 2.31. The van der Waals surface area contributed by atoms with Crippen LogP contribution in [0.1, 0.15) is 29.3 Å². The van der Waals surface area contributed by atoms with E-state index in [4.69, 9.17) is 4.74 Å². The summed E-state index contributed by atoms with van der Waals surface area (Å²) in [6, 6.07) is 5.10. The van der Waals surface area contributed by atoms with Crippen molar-refractivity contribution in [2.24, 2.45) is 0 Å². The summed E-state index contributed by atoms with van der Waals surface area (Å²) in [6.45, 7) is 1.94. The molecule has 0 amide bonds. The number of halogens is 3. The van der Waals surface area contributed by atoms with E-state index < -0.39 is 23.5 Å². The lowest BCUT2D eigenvalue weighted by atomic mass is 10.1. The number of alkyl halides is 3. The summed E-state index contributed by atoms with van der Waals surface area (Å²) < 4.78 is 41.5. The Balaban J connectivity index is 2.76. The van der Waals surface area contributed by atoms with Crippen molar-refractivity contribution in [3.05, 3.63) is 41.5 Å². The number of carbonyl (C=O) groups excluding carboxylic acids is 2. The molecular formula is C14H13F3O3. The van der Waals surface area contributed by atoms with E-state index in [0.29, 0.717) is 5.56 Å². The molecule has 6 heteroatoms. The molecule has 108 valence electrons. The first-order valence-electron chi connectivity index (χ1n) is 5.88. The summed E-state index contributed by atoms with van der Waals surface area (Å²) in [4.78, 5) is 22.1. The fraction of sp³-hybridized carbons (Fsp3) is 0.286. The van der Waals surface area contributed by atoms with Crippen molar-refractivity contribution in [3.8, 4) is 0 Å².